The second-order valence-electron chi connectivity index (χ2n) is 8.30. The van der Waals surface area contributed by atoms with E-state index in [4.69, 9.17) is 0 Å². The summed E-state index contributed by atoms with van der Waals surface area (Å²) in [6.45, 7) is 2.26. The topological polar surface area (TPSA) is 69.6 Å². The summed E-state index contributed by atoms with van der Waals surface area (Å²) >= 11 is 0. The Kier molecular flexibility index (Phi) is 9.22. The predicted molar refractivity (Wildman–Crippen MR) is 128 cm³/mol. The van der Waals surface area contributed by atoms with Crippen LogP contribution in [0.25, 0.3) is 0 Å². The molecule has 0 atom stereocenters. The highest BCUT2D eigenvalue weighted by Gasteiger charge is 2.21. The number of hydrogen-bond acceptors (Lipinski definition) is 5. The molecule has 8 heteroatoms. The third kappa shape index (κ3) is 7.74. The molecule has 0 spiro atoms. The quantitative estimate of drug-likeness (QED) is 0.437. The normalized spacial score (nSPS) is 10.8. The summed E-state index contributed by atoms with van der Waals surface area (Å²) in [6.07, 6.45) is 4.52. The lowest BCUT2D eigenvalue weighted by molar-refractivity contribution is -0.132. The van der Waals surface area contributed by atoms with Crippen LogP contribution in [-0.2, 0) is 17.9 Å². The van der Waals surface area contributed by atoms with Gasteiger partial charge in [-0.15, -0.1) is 0 Å². The van der Waals surface area contributed by atoms with Gasteiger partial charge in [-0.05, 0) is 37.4 Å². The van der Waals surface area contributed by atoms with Gasteiger partial charge in [-0.25, -0.2) is 9.37 Å². The van der Waals surface area contributed by atoms with Crippen LogP contribution in [0.5, 0.6) is 0 Å². The van der Waals surface area contributed by atoms with Gasteiger partial charge in [-0.1, -0.05) is 42.5 Å². The highest BCUT2D eigenvalue weighted by molar-refractivity contribution is 5.92. The number of nitrogens with zero attached hydrogens (tertiary/aromatic N) is 5. The van der Waals surface area contributed by atoms with Gasteiger partial charge in [0.2, 0.25) is 5.91 Å². The number of benzene rings is 2. The van der Waals surface area contributed by atoms with Crippen molar-refractivity contribution in [1.29, 1.82) is 0 Å². The van der Waals surface area contributed by atoms with Gasteiger partial charge >= 0.3 is 0 Å². The number of halogens is 1. The van der Waals surface area contributed by atoms with Crippen LogP contribution in [0.1, 0.15) is 28.0 Å². The Morgan fingerprint density at radius 1 is 0.824 bits per heavy atom. The lowest BCUT2D eigenvalue weighted by atomic mass is 10.1. The average Bonchev–Trinajstić information content (AvgIpc) is 2.86. The summed E-state index contributed by atoms with van der Waals surface area (Å²) in [4.78, 5) is 39.8. The van der Waals surface area contributed by atoms with E-state index in [0.29, 0.717) is 13.1 Å². The Labute approximate surface area is 199 Å². The highest BCUT2D eigenvalue weighted by atomic mass is 19.1. The lowest BCUT2D eigenvalue weighted by Crippen LogP contribution is -2.39. The molecule has 1 heterocycles. The minimum absolute atomic E-state index is 0.0400. The Morgan fingerprint density at radius 2 is 1.50 bits per heavy atom. The molecule has 3 aromatic rings. The van der Waals surface area contributed by atoms with E-state index < -0.39 is 0 Å². The fourth-order valence-corrected chi connectivity index (χ4v) is 3.44. The SMILES string of the molecule is CN(C)CCN(Cc1ccccc1)C(=O)CCN(Cc1ccc(F)cc1)C(=O)c1cnccn1. The number of aromatic nitrogens is 2. The molecule has 0 saturated heterocycles. The first-order valence-electron chi connectivity index (χ1n) is 11.2. The monoisotopic (exact) mass is 463 g/mol. The summed E-state index contributed by atoms with van der Waals surface area (Å²) in [5.74, 6) is -0.710. The molecule has 0 fully saturated rings. The molecule has 1 aromatic heterocycles. The van der Waals surface area contributed by atoms with Gasteiger partial charge in [0.1, 0.15) is 11.5 Å². The van der Waals surface area contributed by atoms with E-state index in [1.807, 2.05) is 54.2 Å². The summed E-state index contributed by atoms with van der Waals surface area (Å²) in [6, 6.07) is 15.8. The third-order valence-corrected chi connectivity index (χ3v) is 5.34. The smallest absolute Gasteiger partial charge is 0.274 e. The minimum atomic E-state index is -0.344. The molecule has 7 nitrogen and oxygen atoms in total. The van der Waals surface area contributed by atoms with Gasteiger partial charge < -0.3 is 14.7 Å². The molecule has 34 heavy (non-hydrogen) atoms. The second kappa shape index (κ2) is 12.6. The minimum Gasteiger partial charge on any atom is -0.337 e. The molecule has 0 aliphatic heterocycles. The maximum Gasteiger partial charge on any atom is 0.274 e. The van der Waals surface area contributed by atoms with Crippen LogP contribution in [0, 0.1) is 5.82 Å². The second-order valence-corrected chi connectivity index (χ2v) is 8.30. The van der Waals surface area contributed by atoms with Gasteiger partial charge in [-0.3, -0.25) is 14.6 Å². The predicted octanol–water partition coefficient (Wildman–Crippen LogP) is 3.24. The first-order chi connectivity index (χ1) is 16.4. The Balaban J connectivity index is 1.73. The van der Waals surface area contributed by atoms with Crippen LogP contribution >= 0.6 is 0 Å². The molecule has 2 aromatic carbocycles. The molecule has 0 unspecified atom stereocenters. The van der Waals surface area contributed by atoms with E-state index >= 15 is 0 Å². The molecule has 3 rings (SSSR count). The summed E-state index contributed by atoms with van der Waals surface area (Å²) in [5, 5.41) is 0. The van der Waals surface area contributed by atoms with Gasteiger partial charge in [-0.2, -0.15) is 0 Å². The Hall–Kier alpha value is -3.65. The number of carbonyl (C=O) groups excluding carboxylic acids is 2. The van der Waals surface area contributed by atoms with Crippen molar-refractivity contribution in [3.05, 3.63) is 95.8 Å². The van der Waals surface area contributed by atoms with Crippen molar-refractivity contribution in [2.75, 3.05) is 33.7 Å². The largest absolute Gasteiger partial charge is 0.337 e. The summed E-state index contributed by atoms with van der Waals surface area (Å²) in [5.41, 5.74) is 2.01. The Bertz CT molecular complexity index is 1050. The van der Waals surface area contributed by atoms with E-state index in [1.54, 1.807) is 17.0 Å². The van der Waals surface area contributed by atoms with Crippen LogP contribution in [0.3, 0.4) is 0 Å². The fourth-order valence-electron chi connectivity index (χ4n) is 3.44. The van der Waals surface area contributed by atoms with E-state index in [1.165, 1.54) is 30.7 Å². The number of hydrogen-bond donors (Lipinski definition) is 0. The molecule has 178 valence electrons. The number of carbonyl (C=O) groups is 2. The molecule has 0 aliphatic rings. The van der Waals surface area contributed by atoms with E-state index in [-0.39, 0.29) is 42.8 Å². The molecule has 0 radical (unpaired) electrons. The number of likely N-dealkylation sites (N-methyl/N-ethyl adjacent to an activating group) is 1. The summed E-state index contributed by atoms with van der Waals surface area (Å²) < 4.78 is 13.3. The lowest BCUT2D eigenvalue weighted by Gasteiger charge is -2.27. The third-order valence-electron chi connectivity index (χ3n) is 5.34. The highest BCUT2D eigenvalue weighted by Crippen LogP contribution is 2.12. The van der Waals surface area contributed by atoms with Gasteiger partial charge in [0, 0.05) is 51.5 Å². The average molecular weight is 464 g/mol. The zero-order valence-corrected chi connectivity index (χ0v) is 19.6. The van der Waals surface area contributed by atoms with Crippen molar-refractivity contribution in [2.24, 2.45) is 0 Å². The first-order valence-corrected chi connectivity index (χ1v) is 11.2. The van der Waals surface area contributed by atoms with Crippen molar-refractivity contribution < 1.29 is 14.0 Å². The van der Waals surface area contributed by atoms with Gasteiger partial charge in [0.05, 0.1) is 6.20 Å². The van der Waals surface area contributed by atoms with Crippen LogP contribution < -0.4 is 0 Å². The first kappa shape index (κ1) is 25.0. The van der Waals surface area contributed by atoms with Crippen molar-refractivity contribution >= 4 is 11.8 Å². The molecule has 0 saturated carbocycles. The van der Waals surface area contributed by atoms with Crippen molar-refractivity contribution in [3.8, 4) is 0 Å². The molecule has 0 bridgehead atoms. The van der Waals surface area contributed by atoms with Crippen LogP contribution in [0.4, 0.5) is 4.39 Å². The van der Waals surface area contributed by atoms with Crippen LogP contribution in [0.15, 0.2) is 73.2 Å². The van der Waals surface area contributed by atoms with Crippen LogP contribution in [-0.4, -0.2) is 70.2 Å². The number of rotatable bonds is 11. The van der Waals surface area contributed by atoms with E-state index in [0.717, 1.165) is 17.7 Å². The van der Waals surface area contributed by atoms with E-state index in [9.17, 15) is 14.0 Å². The van der Waals surface area contributed by atoms with E-state index in [2.05, 4.69) is 9.97 Å². The molecule has 0 N–H and O–H groups in total. The Morgan fingerprint density at radius 3 is 2.15 bits per heavy atom. The number of amides is 2. The molecular formula is C26H30FN5O2. The van der Waals surface area contributed by atoms with Gasteiger partial charge in [0.15, 0.2) is 0 Å². The summed E-state index contributed by atoms with van der Waals surface area (Å²) in [7, 11) is 3.93. The van der Waals surface area contributed by atoms with Crippen LogP contribution in [0.2, 0.25) is 0 Å². The molecular weight excluding hydrogens is 433 g/mol. The zero-order chi connectivity index (χ0) is 24.3. The fraction of sp³-hybridized carbons (Fsp3) is 0.308. The van der Waals surface area contributed by atoms with Crippen molar-refractivity contribution in [1.82, 2.24) is 24.7 Å². The van der Waals surface area contributed by atoms with Crippen molar-refractivity contribution in [3.63, 3.8) is 0 Å². The van der Waals surface area contributed by atoms with Gasteiger partial charge in [0.25, 0.3) is 5.91 Å². The maximum atomic E-state index is 13.3. The standard InChI is InChI=1S/C26H30FN5O2/c1-30(2)16-17-31(19-21-6-4-3-5-7-21)25(33)12-15-32(20-22-8-10-23(27)11-9-22)26(34)24-18-28-13-14-29-24/h3-11,13-14,18H,12,15-17,19-20H2,1-2H3. The maximum absolute atomic E-state index is 13.3. The molecule has 0 aliphatic carbocycles. The van der Waals surface area contributed by atoms with Crippen molar-refractivity contribution in [2.45, 2.75) is 19.5 Å². The molecule has 2 amide bonds. The zero-order valence-electron chi connectivity index (χ0n) is 19.6.